The van der Waals surface area contributed by atoms with Crippen molar-refractivity contribution in [1.82, 2.24) is 4.90 Å². The van der Waals surface area contributed by atoms with Crippen molar-refractivity contribution in [2.24, 2.45) is 23.7 Å². The second-order valence-electron chi connectivity index (χ2n) is 7.60. The Kier molecular flexibility index (Phi) is 2.97. The molecule has 0 radical (unpaired) electrons. The van der Waals surface area contributed by atoms with E-state index in [1.54, 1.807) is 0 Å². The summed E-state index contributed by atoms with van der Waals surface area (Å²) in [6.07, 6.45) is 3.97. The van der Waals surface area contributed by atoms with Crippen molar-refractivity contribution in [3.8, 4) is 0 Å². The molecule has 0 aromatic rings. The van der Waals surface area contributed by atoms with Crippen molar-refractivity contribution in [1.29, 1.82) is 0 Å². The quantitative estimate of drug-likeness (QED) is 0.674. The number of nitrogens with zero attached hydrogens (tertiary/aromatic N) is 1. The highest BCUT2D eigenvalue weighted by molar-refractivity contribution is 5.82. The van der Waals surface area contributed by atoms with Crippen molar-refractivity contribution >= 4 is 5.91 Å². The maximum absolute atomic E-state index is 12.6. The van der Waals surface area contributed by atoms with E-state index >= 15 is 0 Å². The van der Waals surface area contributed by atoms with Crippen molar-refractivity contribution in [3.05, 3.63) is 0 Å². The van der Waals surface area contributed by atoms with Crippen molar-refractivity contribution in [2.75, 3.05) is 0 Å². The summed E-state index contributed by atoms with van der Waals surface area (Å²) in [5.74, 6) is 1.96. The molecule has 19 heavy (non-hydrogen) atoms. The second kappa shape index (κ2) is 4.21. The van der Waals surface area contributed by atoms with Gasteiger partial charge in [0.15, 0.2) is 0 Å². The summed E-state index contributed by atoms with van der Waals surface area (Å²) in [6.45, 7) is 11.0. The molecule has 6 atom stereocenters. The Morgan fingerprint density at radius 3 is 2.58 bits per heavy atom. The fourth-order valence-electron chi connectivity index (χ4n) is 4.49. The van der Waals surface area contributed by atoms with Gasteiger partial charge in [0.2, 0.25) is 5.91 Å². The fourth-order valence-corrected chi connectivity index (χ4v) is 4.49. The summed E-state index contributed by atoms with van der Waals surface area (Å²) in [4.78, 5) is 14.6. The van der Waals surface area contributed by atoms with Crippen LogP contribution in [0.4, 0.5) is 0 Å². The molecule has 3 nitrogen and oxygen atoms in total. The lowest BCUT2D eigenvalue weighted by molar-refractivity contribution is -0.226. The van der Waals surface area contributed by atoms with Crippen LogP contribution in [0.2, 0.25) is 0 Å². The Hall–Kier alpha value is -0.570. The molecule has 0 bridgehead atoms. The van der Waals surface area contributed by atoms with Gasteiger partial charge in [-0.05, 0) is 32.6 Å². The Labute approximate surface area is 116 Å². The highest BCUT2D eigenvalue weighted by atomic mass is 16.5. The van der Waals surface area contributed by atoms with E-state index in [4.69, 9.17) is 4.74 Å². The van der Waals surface area contributed by atoms with Crippen LogP contribution in [0.3, 0.4) is 0 Å². The van der Waals surface area contributed by atoms with Gasteiger partial charge in [-0.15, -0.1) is 0 Å². The number of hydrogen-bond donors (Lipinski definition) is 0. The van der Waals surface area contributed by atoms with Gasteiger partial charge < -0.3 is 9.64 Å². The van der Waals surface area contributed by atoms with Gasteiger partial charge in [0.25, 0.3) is 0 Å². The van der Waals surface area contributed by atoms with E-state index in [2.05, 4.69) is 39.5 Å². The molecule has 108 valence electrons. The van der Waals surface area contributed by atoms with Gasteiger partial charge in [0.05, 0.1) is 6.10 Å². The first kappa shape index (κ1) is 13.4. The van der Waals surface area contributed by atoms with E-state index < -0.39 is 0 Å². The van der Waals surface area contributed by atoms with Gasteiger partial charge in [-0.2, -0.15) is 0 Å². The molecule has 1 saturated carbocycles. The number of carbonyl (C=O) groups is 1. The number of rotatable bonds is 0. The third kappa shape index (κ3) is 1.77. The summed E-state index contributed by atoms with van der Waals surface area (Å²) in [5, 5.41) is 0. The molecule has 3 fully saturated rings. The molecule has 0 aromatic heterocycles. The first-order valence-electron chi connectivity index (χ1n) is 7.82. The summed E-state index contributed by atoms with van der Waals surface area (Å²) in [6, 6.07) is 0. The average Bonchev–Trinajstić information content (AvgIpc) is 2.54. The van der Waals surface area contributed by atoms with E-state index in [0.717, 1.165) is 12.3 Å². The van der Waals surface area contributed by atoms with Crippen LogP contribution in [0.1, 0.15) is 53.9 Å². The molecule has 3 heteroatoms. The molecule has 0 N–H and O–H groups in total. The fraction of sp³-hybridized carbons (Fsp3) is 0.938. The van der Waals surface area contributed by atoms with E-state index in [9.17, 15) is 4.79 Å². The Bertz CT molecular complexity index is 392. The highest BCUT2D eigenvalue weighted by Crippen LogP contribution is 2.50. The van der Waals surface area contributed by atoms with E-state index in [-0.39, 0.29) is 17.7 Å². The molecule has 2 heterocycles. The van der Waals surface area contributed by atoms with Crippen LogP contribution in [0.25, 0.3) is 0 Å². The van der Waals surface area contributed by atoms with Crippen molar-refractivity contribution in [2.45, 2.75) is 71.8 Å². The Morgan fingerprint density at radius 1 is 1.21 bits per heavy atom. The zero-order chi connectivity index (χ0) is 13.9. The van der Waals surface area contributed by atoms with Crippen LogP contribution >= 0.6 is 0 Å². The molecule has 0 spiro atoms. The van der Waals surface area contributed by atoms with Gasteiger partial charge in [0, 0.05) is 23.3 Å². The maximum Gasteiger partial charge on any atom is 0.228 e. The van der Waals surface area contributed by atoms with Crippen LogP contribution < -0.4 is 0 Å². The van der Waals surface area contributed by atoms with E-state index in [0.29, 0.717) is 23.8 Å². The van der Waals surface area contributed by atoms with Gasteiger partial charge in [-0.1, -0.05) is 27.2 Å². The normalized spacial score (nSPS) is 48.9. The average molecular weight is 265 g/mol. The topological polar surface area (TPSA) is 29.5 Å². The molecule has 2 aliphatic heterocycles. The predicted octanol–water partition coefficient (Wildman–Crippen LogP) is 3.04. The SMILES string of the molecule is C[C@@H]1CC[C@@H]2[C@@H](C1)O[C@H]1[C@@H](C)[C@H](C)C(=O)N1C2(C)C. The maximum atomic E-state index is 12.6. The number of ether oxygens (including phenoxy) is 1. The predicted molar refractivity (Wildman–Crippen MR) is 74.4 cm³/mol. The first-order chi connectivity index (χ1) is 8.84. The zero-order valence-electron chi connectivity index (χ0n) is 12.8. The van der Waals surface area contributed by atoms with Crippen LogP contribution in [-0.2, 0) is 9.53 Å². The first-order valence-corrected chi connectivity index (χ1v) is 7.82. The number of hydrogen-bond acceptors (Lipinski definition) is 2. The largest absolute Gasteiger partial charge is 0.354 e. The minimum absolute atomic E-state index is 0.00375. The Balaban J connectivity index is 1.94. The molecule has 0 aromatic carbocycles. The molecule has 0 unspecified atom stereocenters. The minimum atomic E-state index is -0.0518. The molecular formula is C16H27NO2. The van der Waals surface area contributed by atoms with Crippen molar-refractivity contribution in [3.63, 3.8) is 0 Å². The number of amides is 1. The molecule has 1 amide bonds. The smallest absolute Gasteiger partial charge is 0.228 e. The third-order valence-electron chi connectivity index (χ3n) is 6.02. The monoisotopic (exact) mass is 265 g/mol. The lowest BCUT2D eigenvalue weighted by Gasteiger charge is -2.55. The van der Waals surface area contributed by atoms with Gasteiger partial charge in [-0.3, -0.25) is 4.79 Å². The molecule has 3 rings (SSSR count). The minimum Gasteiger partial charge on any atom is -0.354 e. The molecule has 2 saturated heterocycles. The van der Waals surface area contributed by atoms with E-state index in [1.807, 2.05) is 0 Å². The Morgan fingerprint density at radius 2 is 1.89 bits per heavy atom. The summed E-state index contributed by atoms with van der Waals surface area (Å²) < 4.78 is 6.38. The van der Waals surface area contributed by atoms with Gasteiger partial charge in [0.1, 0.15) is 6.23 Å². The second-order valence-corrected chi connectivity index (χ2v) is 7.60. The van der Waals surface area contributed by atoms with Crippen LogP contribution in [0.5, 0.6) is 0 Å². The van der Waals surface area contributed by atoms with Crippen LogP contribution in [0.15, 0.2) is 0 Å². The zero-order valence-corrected chi connectivity index (χ0v) is 12.8. The molecule has 3 aliphatic rings. The summed E-state index contributed by atoms with van der Waals surface area (Å²) in [7, 11) is 0. The van der Waals surface area contributed by atoms with Crippen molar-refractivity contribution < 1.29 is 9.53 Å². The van der Waals surface area contributed by atoms with Gasteiger partial charge >= 0.3 is 0 Å². The lowest BCUT2D eigenvalue weighted by Crippen LogP contribution is -2.64. The summed E-state index contributed by atoms with van der Waals surface area (Å²) >= 11 is 0. The van der Waals surface area contributed by atoms with E-state index in [1.165, 1.54) is 12.8 Å². The standard InChI is InChI=1S/C16H27NO2/c1-9-6-7-12-13(8-9)19-15-11(3)10(2)14(18)17(15)16(12,4)5/h9-13,15H,6-8H2,1-5H3/t9-,10+,11+,12-,13-,15+/m1/s1. The van der Waals surface area contributed by atoms with Crippen LogP contribution in [-0.4, -0.2) is 28.7 Å². The summed E-state index contributed by atoms with van der Waals surface area (Å²) in [5.41, 5.74) is -0.0518. The van der Waals surface area contributed by atoms with Gasteiger partial charge in [-0.25, -0.2) is 0 Å². The highest BCUT2D eigenvalue weighted by Gasteiger charge is 2.58. The third-order valence-corrected chi connectivity index (χ3v) is 6.02. The number of carbonyl (C=O) groups excluding carboxylic acids is 1. The lowest BCUT2D eigenvalue weighted by atomic mass is 9.70. The van der Waals surface area contributed by atoms with Crippen LogP contribution in [0, 0.1) is 23.7 Å². The number of fused-ring (bicyclic) bond motifs is 2. The molecule has 1 aliphatic carbocycles. The molecular weight excluding hydrogens is 238 g/mol.